The third-order valence-electron chi connectivity index (χ3n) is 4.25. The SMILES string of the molecule is COc1ccc(OCC(=O)N(Cc2cccs2)Cc2ccccc2OC)cc1. The molecule has 0 radical (unpaired) electrons. The van der Waals surface area contributed by atoms with E-state index in [9.17, 15) is 4.79 Å². The second-order valence-electron chi connectivity index (χ2n) is 6.11. The molecular weight excluding hydrogens is 374 g/mol. The van der Waals surface area contributed by atoms with E-state index in [-0.39, 0.29) is 12.5 Å². The molecule has 1 amide bonds. The summed E-state index contributed by atoms with van der Waals surface area (Å²) in [5.41, 5.74) is 0.958. The fraction of sp³-hybridized carbons (Fsp3) is 0.227. The Labute approximate surface area is 169 Å². The molecular formula is C22H23NO4S. The number of carbonyl (C=O) groups excluding carboxylic acids is 1. The van der Waals surface area contributed by atoms with Gasteiger partial charge in [-0.2, -0.15) is 0 Å². The fourth-order valence-corrected chi connectivity index (χ4v) is 3.49. The molecule has 5 nitrogen and oxygen atoms in total. The summed E-state index contributed by atoms with van der Waals surface area (Å²) in [6, 6.07) is 18.9. The molecule has 0 spiro atoms. The predicted molar refractivity (Wildman–Crippen MR) is 110 cm³/mol. The summed E-state index contributed by atoms with van der Waals surface area (Å²) in [5, 5.41) is 2.01. The average Bonchev–Trinajstić information content (AvgIpc) is 3.25. The summed E-state index contributed by atoms with van der Waals surface area (Å²) in [7, 11) is 3.25. The van der Waals surface area contributed by atoms with Crippen LogP contribution in [-0.2, 0) is 17.9 Å². The predicted octanol–water partition coefficient (Wildman–Crippen LogP) is 4.37. The normalized spacial score (nSPS) is 10.4. The maximum atomic E-state index is 12.9. The number of hydrogen-bond acceptors (Lipinski definition) is 5. The van der Waals surface area contributed by atoms with Gasteiger partial charge >= 0.3 is 0 Å². The van der Waals surface area contributed by atoms with Crippen LogP contribution < -0.4 is 14.2 Å². The number of amides is 1. The number of hydrogen-bond donors (Lipinski definition) is 0. The maximum absolute atomic E-state index is 12.9. The minimum atomic E-state index is -0.0878. The van der Waals surface area contributed by atoms with E-state index in [1.165, 1.54) is 0 Å². The van der Waals surface area contributed by atoms with Crippen molar-refractivity contribution in [3.8, 4) is 17.2 Å². The fourth-order valence-electron chi connectivity index (χ4n) is 2.77. The van der Waals surface area contributed by atoms with Crippen LogP contribution in [0, 0.1) is 0 Å². The first-order valence-electron chi connectivity index (χ1n) is 8.88. The molecule has 0 saturated heterocycles. The van der Waals surface area contributed by atoms with E-state index in [0.29, 0.717) is 18.8 Å². The third kappa shape index (κ3) is 5.27. The van der Waals surface area contributed by atoms with Crippen molar-refractivity contribution >= 4 is 17.2 Å². The van der Waals surface area contributed by atoms with Crippen molar-refractivity contribution in [2.24, 2.45) is 0 Å². The number of para-hydroxylation sites is 1. The summed E-state index contributed by atoms with van der Waals surface area (Å²) >= 11 is 1.63. The van der Waals surface area contributed by atoms with Crippen LogP contribution >= 0.6 is 11.3 Å². The zero-order valence-electron chi connectivity index (χ0n) is 16.0. The summed E-state index contributed by atoms with van der Waals surface area (Å²) in [6.07, 6.45) is 0. The Morgan fingerprint density at radius 1 is 0.893 bits per heavy atom. The number of benzene rings is 2. The Hall–Kier alpha value is -2.99. The Morgan fingerprint density at radius 2 is 1.64 bits per heavy atom. The molecule has 3 aromatic rings. The van der Waals surface area contributed by atoms with E-state index < -0.39 is 0 Å². The van der Waals surface area contributed by atoms with Gasteiger partial charge in [-0.05, 0) is 41.8 Å². The molecule has 0 unspecified atom stereocenters. The number of methoxy groups -OCH3 is 2. The van der Waals surface area contributed by atoms with Gasteiger partial charge in [-0.15, -0.1) is 11.3 Å². The largest absolute Gasteiger partial charge is 0.497 e. The van der Waals surface area contributed by atoms with Gasteiger partial charge in [-0.25, -0.2) is 0 Å². The summed E-state index contributed by atoms with van der Waals surface area (Å²) < 4.78 is 16.3. The van der Waals surface area contributed by atoms with Gasteiger partial charge in [0.15, 0.2) is 6.61 Å². The molecule has 0 N–H and O–H groups in total. The number of rotatable bonds is 9. The lowest BCUT2D eigenvalue weighted by Crippen LogP contribution is -2.34. The molecule has 0 saturated carbocycles. The third-order valence-corrected chi connectivity index (χ3v) is 5.12. The average molecular weight is 397 g/mol. The van der Waals surface area contributed by atoms with Gasteiger partial charge in [-0.1, -0.05) is 24.3 Å². The Balaban J connectivity index is 1.70. The highest BCUT2D eigenvalue weighted by atomic mass is 32.1. The molecule has 0 atom stereocenters. The van der Waals surface area contributed by atoms with E-state index >= 15 is 0 Å². The highest BCUT2D eigenvalue weighted by Gasteiger charge is 2.18. The topological polar surface area (TPSA) is 48.0 Å². The van der Waals surface area contributed by atoms with Crippen LogP contribution in [0.25, 0.3) is 0 Å². The second kappa shape index (κ2) is 9.80. The lowest BCUT2D eigenvalue weighted by molar-refractivity contribution is -0.134. The Morgan fingerprint density at radius 3 is 2.32 bits per heavy atom. The molecule has 0 fully saturated rings. The van der Waals surface area contributed by atoms with Crippen molar-refractivity contribution in [1.82, 2.24) is 4.90 Å². The van der Waals surface area contributed by atoms with E-state index in [1.807, 2.05) is 41.8 Å². The van der Waals surface area contributed by atoms with Crippen molar-refractivity contribution < 1.29 is 19.0 Å². The zero-order valence-corrected chi connectivity index (χ0v) is 16.8. The highest BCUT2D eigenvalue weighted by Crippen LogP contribution is 2.22. The van der Waals surface area contributed by atoms with Gasteiger partial charge in [0, 0.05) is 17.0 Å². The summed E-state index contributed by atoms with van der Waals surface area (Å²) in [5.74, 6) is 2.05. The minimum Gasteiger partial charge on any atom is -0.497 e. The van der Waals surface area contributed by atoms with Crippen LogP contribution in [0.4, 0.5) is 0 Å². The number of nitrogens with zero attached hydrogens (tertiary/aromatic N) is 1. The smallest absolute Gasteiger partial charge is 0.261 e. The number of ether oxygens (including phenoxy) is 3. The lowest BCUT2D eigenvalue weighted by Gasteiger charge is -2.23. The molecule has 0 aliphatic heterocycles. The van der Waals surface area contributed by atoms with Crippen molar-refractivity contribution in [3.63, 3.8) is 0 Å². The van der Waals surface area contributed by atoms with Gasteiger partial charge in [-0.3, -0.25) is 4.79 Å². The molecule has 3 rings (SSSR count). The first kappa shape index (κ1) is 19.8. The molecule has 2 aromatic carbocycles. The van der Waals surface area contributed by atoms with Crippen molar-refractivity contribution in [2.75, 3.05) is 20.8 Å². The minimum absolute atomic E-state index is 0.0349. The van der Waals surface area contributed by atoms with Crippen LogP contribution in [0.15, 0.2) is 66.0 Å². The van der Waals surface area contributed by atoms with E-state index in [2.05, 4.69) is 0 Å². The molecule has 1 heterocycles. The van der Waals surface area contributed by atoms with Gasteiger partial charge in [0.2, 0.25) is 0 Å². The van der Waals surface area contributed by atoms with Crippen LogP contribution in [0.2, 0.25) is 0 Å². The summed E-state index contributed by atoms with van der Waals surface area (Å²) in [6.45, 7) is 0.945. The first-order chi connectivity index (χ1) is 13.7. The monoisotopic (exact) mass is 397 g/mol. The standard InChI is InChI=1S/C22H23NO4S/c1-25-18-9-11-19(12-10-18)27-16-22(24)23(15-20-7-5-13-28-20)14-17-6-3-4-8-21(17)26-2/h3-13H,14-16H2,1-2H3. The second-order valence-corrected chi connectivity index (χ2v) is 7.14. The molecule has 0 bridgehead atoms. The zero-order chi connectivity index (χ0) is 19.8. The van der Waals surface area contributed by atoms with Gasteiger partial charge in [0.25, 0.3) is 5.91 Å². The molecule has 6 heteroatoms. The van der Waals surface area contributed by atoms with Gasteiger partial charge < -0.3 is 19.1 Å². The number of thiophene rings is 1. The Bertz CT molecular complexity index is 878. The quantitative estimate of drug-likeness (QED) is 0.538. The highest BCUT2D eigenvalue weighted by molar-refractivity contribution is 7.09. The molecule has 28 heavy (non-hydrogen) atoms. The van der Waals surface area contributed by atoms with Crippen LogP contribution in [0.1, 0.15) is 10.4 Å². The maximum Gasteiger partial charge on any atom is 0.261 e. The van der Waals surface area contributed by atoms with Crippen molar-refractivity contribution in [2.45, 2.75) is 13.1 Å². The van der Waals surface area contributed by atoms with E-state index in [0.717, 1.165) is 21.9 Å². The van der Waals surface area contributed by atoms with Crippen molar-refractivity contribution in [3.05, 3.63) is 76.5 Å². The Kier molecular flexibility index (Phi) is 6.92. The van der Waals surface area contributed by atoms with Gasteiger partial charge in [0.05, 0.1) is 20.8 Å². The van der Waals surface area contributed by atoms with Crippen LogP contribution in [0.5, 0.6) is 17.2 Å². The molecule has 1 aromatic heterocycles. The van der Waals surface area contributed by atoms with Gasteiger partial charge in [0.1, 0.15) is 17.2 Å². The van der Waals surface area contributed by atoms with Crippen molar-refractivity contribution in [1.29, 1.82) is 0 Å². The summed E-state index contributed by atoms with van der Waals surface area (Å²) in [4.78, 5) is 15.8. The van der Waals surface area contributed by atoms with E-state index in [1.54, 1.807) is 54.7 Å². The van der Waals surface area contributed by atoms with Crippen LogP contribution in [0.3, 0.4) is 0 Å². The first-order valence-corrected chi connectivity index (χ1v) is 9.76. The lowest BCUT2D eigenvalue weighted by atomic mass is 10.2. The van der Waals surface area contributed by atoms with Crippen LogP contribution in [-0.4, -0.2) is 31.6 Å². The number of carbonyl (C=O) groups is 1. The molecule has 146 valence electrons. The molecule has 0 aliphatic carbocycles. The molecule has 0 aliphatic rings. The van der Waals surface area contributed by atoms with E-state index in [4.69, 9.17) is 14.2 Å².